The Balaban J connectivity index is 0.00000256. The van der Waals surface area contributed by atoms with E-state index in [1.165, 1.54) is 44.2 Å². The number of aliphatic imine (C=N–C) groups is 1. The highest BCUT2D eigenvalue weighted by molar-refractivity contribution is 14.0. The van der Waals surface area contributed by atoms with Crippen molar-refractivity contribution in [3.8, 4) is 0 Å². The lowest BCUT2D eigenvalue weighted by atomic mass is 9.74. The van der Waals surface area contributed by atoms with Crippen LogP contribution in [0.3, 0.4) is 0 Å². The lowest BCUT2D eigenvalue weighted by molar-refractivity contribution is 0.0513. The quantitative estimate of drug-likeness (QED) is 0.330. The molecule has 7 heteroatoms. The molecule has 1 saturated carbocycles. The molecule has 5 nitrogen and oxygen atoms in total. The van der Waals surface area contributed by atoms with Crippen LogP contribution in [0.15, 0.2) is 29.3 Å². The molecule has 2 heterocycles. The average Bonchev–Trinajstić information content (AvgIpc) is 3.44. The van der Waals surface area contributed by atoms with Gasteiger partial charge in [0.15, 0.2) is 5.96 Å². The molecule has 1 aromatic rings. The second kappa shape index (κ2) is 11.3. The fourth-order valence-corrected chi connectivity index (χ4v) is 5.49. The highest BCUT2D eigenvalue weighted by atomic mass is 127. The predicted molar refractivity (Wildman–Crippen MR) is 135 cm³/mol. The molecule has 1 unspecified atom stereocenters. The zero-order valence-electron chi connectivity index (χ0n) is 18.0. The minimum absolute atomic E-state index is 0. The van der Waals surface area contributed by atoms with Crippen LogP contribution >= 0.6 is 35.6 Å². The summed E-state index contributed by atoms with van der Waals surface area (Å²) in [4.78, 5) is 7.20. The van der Waals surface area contributed by atoms with Gasteiger partial charge in [-0.15, -0.1) is 24.0 Å². The van der Waals surface area contributed by atoms with E-state index < -0.39 is 0 Å². The Morgan fingerprint density at radius 2 is 2.00 bits per heavy atom. The van der Waals surface area contributed by atoms with Crippen molar-refractivity contribution in [1.29, 1.82) is 0 Å². The van der Waals surface area contributed by atoms with Gasteiger partial charge >= 0.3 is 0 Å². The Hall–Kier alpha value is -0.570. The molecular formula is C23H36ClIN4O. The van der Waals surface area contributed by atoms with Crippen LogP contribution in [0.4, 0.5) is 0 Å². The number of nitrogens with zero attached hydrogens (tertiary/aromatic N) is 2. The normalized spacial score (nSPS) is 25.1. The second-order valence-corrected chi connectivity index (χ2v) is 9.33. The van der Waals surface area contributed by atoms with E-state index in [4.69, 9.17) is 16.3 Å². The number of likely N-dealkylation sites (tertiary alicyclic amines) is 1. The molecule has 0 bridgehead atoms. The number of hydrogen-bond acceptors (Lipinski definition) is 3. The van der Waals surface area contributed by atoms with Crippen LogP contribution in [0.5, 0.6) is 0 Å². The lowest BCUT2D eigenvalue weighted by Gasteiger charge is -2.38. The van der Waals surface area contributed by atoms with E-state index in [1.54, 1.807) is 0 Å². The van der Waals surface area contributed by atoms with Crippen LogP contribution < -0.4 is 10.6 Å². The molecule has 1 aliphatic carbocycles. The molecule has 2 saturated heterocycles. The van der Waals surface area contributed by atoms with E-state index in [9.17, 15) is 0 Å². The Kier molecular flexibility index (Phi) is 9.10. The van der Waals surface area contributed by atoms with E-state index in [1.807, 2.05) is 13.1 Å². The third-order valence-electron chi connectivity index (χ3n) is 7.11. The van der Waals surface area contributed by atoms with Gasteiger partial charge in [-0.2, -0.15) is 0 Å². The van der Waals surface area contributed by atoms with Crippen LogP contribution in [0.1, 0.15) is 50.5 Å². The smallest absolute Gasteiger partial charge is 0.191 e. The fraction of sp³-hybridized carbons (Fsp3) is 0.696. The van der Waals surface area contributed by atoms with E-state index in [0.29, 0.717) is 6.04 Å². The summed E-state index contributed by atoms with van der Waals surface area (Å²) >= 11 is 6.30. The number of ether oxygens (including phenoxy) is 1. The Morgan fingerprint density at radius 3 is 2.70 bits per heavy atom. The van der Waals surface area contributed by atoms with Crippen LogP contribution in [0.2, 0.25) is 5.02 Å². The maximum atomic E-state index is 6.30. The van der Waals surface area contributed by atoms with Crippen molar-refractivity contribution in [2.24, 2.45) is 4.99 Å². The van der Waals surface area contributed by atoms with Crippen molar-refractivity contribution >= 4 is 41.5 Å². The van der Waals surface area contributed by atoms with Crippen molar-refractivity contribution < 1.29 is 4.74 Å². The second-order valence-electron chi connectivity index (χ2n) is 8.89. The standard InChI is InChI=1S/C23H35ClN4O.HI/c1-25-22(27-20-9-12-28(16-20)21-7-2-3-8-21)26-17-23(10-13-29-14-11-23)18-5-4-6-19(24)15-18;/h4-6,15,20-21H,2-3,7-14,16-17H2,1H3,(H2,25,26,27);1H. The molecule has 2 aliphatic heterocycles. The molecule has 1 aromatic carbocycles. The summed E-state index contributed by atoms with van der Waals surface area (Å²) in [6, 6.07) is 9.61. The minimum Gasteiger partial charge on any atom is -0.381 e. The SMILES string of the molecule is CN=C(NCC1(c2cccc(Cl)c2)CCOCC1)NC1CCN(C2CCCC2)C1.I. The topological polar surface area (TPSA) is 48.9 Å². The molecular weight excluding hydrogens is 511 g/mol. The van der Waals surface area contributed by atoms with Crippen molar-refractivity contribution in [3.63, 3.8) is 0 Å². The largest absolute Gasteiger partial charge is 0.381 e. The molecule has 0 amide bonds. The van der Waals surface area contributed by atoms with Gasteiger partial charge in [-0.05, 0) is 49.8 Å². The van der Waals surface area contributed by atoms with Gasteiger partial charge in [0, 0.05) is 62.4 Å². The van der Waals surface area contributed by atoms with Crippen LogP contribution in [-0.4, -0.2) is 62.8 Å². The van der Waals surface area contributed by atoms with Crippen LogP contribution in [0.25, 0.3) is 0 Å². The summed E-state index contributed by atoms with van der Waals surface area (Å²) in [6.07, 6.45) is 8.75. The summed E-state index contributed by atoms with van der Waals surface area (Å²) in [6.45, 7) is 4.77. The van der Waals surface area contributed by atoms with Crippen LogP contribution in [-0.2, 0) is 10.2 Å². The summed E-state index contributed by atoms with van der Waals surface area (Å²) in [7, 11) is 1.87. The van der Waals surface area contributed by atoms with Gasteiger partial charge in [0.1, 0.15) is 0 Å². The lowest BCUT2D eigenvalue weighted by Crippen LogP contribution is -2.50. The molecule has 0 radical (unpaired) electrons. The van der Waals surface area contributed by atoms with E-state index >= 15 is 0 Å². The minimum atomic E-state index is 0. The van der Waals surface area contributed by atoms with Gasteiger partial charge in [0.2, 0.25) is 0 Å². The first-order valence-electron chi connectivity index (χ1n) is 11.2. The number of rotatable bonds is 5. The van der Waals surface area contributed by atoms with Gasteiger partial charge in [-0.1, -0.05) is 36.6 Å². The zero-order chi connectivity index (χ0) is 20.1. The predicted octanol–water partition coefficient (Wildman–Crippen LogP) is 4.19. The van der Waals surface area contributed by atoms with E-state index in [2.05, 4.69) is 38.7 Å². The van der Waals surface area contributed by atoms with E-state index in [-0.39, 0.29) is 29.4 Å². The Morgan fingerprint density at radius 1 is 1.23 bits per heavy atom. The van der Waals surface area contributed by atoms with E-state index in [0.717, 1.165) is 56.2 Å². The number of halogens is 2. The molecule has 1 atom stereocenters. The van der Waals surface area contributed by atoms with Gasteiger partial charge < -0.3 is 15.4 Å². The highest BCUT2D eigenvalue weighted by Crippen LogP contribution is 2.35. The molecule has 2 N–H and O–H groups in total. The first kappa shape index (κ1) is 24.1. The summed E-state index contributed by atoms with van der Waals surface area (Å²) in [5.41, 5.74) is 1.33. The van der Waals surface area contributed by atoms with Gasteiger partial charge in [0.25, 0.3) is 0 Å². The summed E-state index contributed by atoms with van der Waals surface area (Å²) in [5.74, 6) is 0.913. The first-order chi connectivity index (χ1) is 14.2. The molecule has 3 fully saturated rings. The Bertz CT molecular complexity index is 704. The molecule has 30 heavy (non-hydrogen) atoms. The maximum absolute atomic E-state index is 6.30. The number of benzene rings is 1. The van der Waals surface area contributed by atoms with Crippen LogP contribution in [0, 0.1) is 0 Å². The molecule has 3 aliphatic rings. The number of hydrogen-bond donors (Lipinski definition) is 2. The number of nitrogens with one attached hydrogen (secondary N) is 2. The summed E-state index contributed by atoms with van der Waals surface area (Å²) in [5, 5.41) is 8.11. The van der Waals surface area contributed by atoms with Gasteiger partial charge in [-0.25, -0.2) is 0 Å². The third-order valence-corrected chi connectivity index (χ3v) is 7.34. The molecule has 0 aromatic heterocycles. The van der Waals surface area contributed by atoms with Crippen molar-refractivity contribution in [2.45, 2.75) is 62.4 Å². The highest BCUT2D eigenvalue weighted by Gasteiger charge is 2.35. The zero-order valence-corrected chi connectivity index (χ0v) is 21.1. The Labute approximate surface area is 203 Å². The monoisotopic (exact) mass is 546 g/mol. The molecule has 168 valence electrons. The van der Waals surface area contributed by atoms with Crippen molar-refractivity contribution in [1.82, 2.24) is 15.5 Å². The summed E-state index contributed by atoms with van der Waals surface area (Å²) < 4.78 is 5.67. The third kappa shape index (κ3) is 5.81. The van der Waals surface area contributed by atoms with Crippen molar-refractivity contribution in [3.05, 3.63) is 34.9 Å². The molecule has 0 spiro atoms. The van der Waals surface area contributed by atoms with Crippen molar-refractivity contribution in [2.75, 3.05) is 39.9 Å². The number of guanidine groups is 1. The average molecular weight is 547 g/mol. The van der Waals surface area contributed by atoms with Gasteiger partial charge in [0.05, 0.1) is 0 Å². The maximum Gasteiger partial charge on any atom is 0.191 e. The van der Waals surface area contributed by atoms with Gasteiger partial charge in [-0.3, -0.25) is 9.89 Å². The first-order valence-corrected chi connectivity index (χ1v) is 11.6. The molecule has 4 rings (SSSR count). The fourth-order valence-electron chi connectivity index (χ4n) is 5.30.